The van der Waals surface area contributed by atoms with Crippen molar-refractivity contribution in [2.45, 2.75) is 13.3 Å². The number of carbonyl (C=O) groups is 1. The van der Waals surface area contributed by atoms with Crippen LogP contribution < -0.4 is 5.32 Å². The Hall–Kier alpha value is -1.38. The summed E-state index contributed by atoms with van der Waals surface area (Å²) in [5.41, 5.74) is 1.91. The summed E-state index contributed by atoms with van der Waals surface area (Å²) < 4.78 is 0. The van der Waals surface area contributed by atoms with Gasteiger partial charge in [-0.1, -0.05) is 18.7 Å². The topological polar surface area (TPSA) is 29.1 Å². The van der Waals surface area contributed by atoms with Crippen molar-refractivity contribution in [2.75, 3.05) is 0 Å². The normalized spacial score (nSPS) is 27.5. The van der Waals surface area contributed by atoms with Gasteiger partial charge in [-0.25, -0.2) is 0 Å². The third kappa shape index (κ3) is 1.76. The molecule has 0 aromatic rings. The fraction of sp³-hybridized carbons (Fsp3) is 0.364. The third-order valence-corrected chi connectivity index (χ3v) is 2.64. The van der Waals surface area contributed by atoms with Gasteiger partial charge in [-0.2, -0.15) is 0 Å². The molecule has 0 heterocycles. The molecule has 0 aromatic heterocycles. The smallest absolute Gasteiger partial charge is 0.255 e. The van der Waals surface area contributed by atoms with Gasteiger partial charge in [0.15, 0.2) is 0 Å². The molecule has 0 bridgehead atoms. The molecule has 0 spiro atoms. The first kappa shape index (κ1) is 10.7. The number of amides is 1. The van der Waals surface area contributed by atoms with E-state index in [1.807, 2.05) is 6.92 Å². The van der Waals surface area contributed by atoms with Crippen LogP contribution in [0.2, 0.25) is 0 Å². The van der Waals surface area contributed by atoms with Gasteiger partial charge in [0.25, 0.3) is 5.91 Å². The maximum absolute atomic E-state index is 11.5. The van der Waals surface area contributed by atoms with Gasteiger partial charge in [0.05, 0.1) is 0 Å². The first-order valence-electron chi connectivity index (χ1n) is 4.54. The number of allylic oxidation sites excluding steroid dienone is 2. The molecule has 2 atom stereocenters. The molecule has 0 aromatic carbocycles. The molecule has 0 radical (unpaired) electrons. The van der Waals surface area contributed by atoms with E-state index < -0.39 is 0 Å². The molecule has 2 aliphatic rings. The molecule has 14 heavy (non-hydrogen) atoms. The maximum Gasteiger partial charge on any atom is 0.255 e. The molecule has 1 amide bonds. The molecule has 2 rings (SSSR count). The molecule has 0 saturated heterocycles. The predicted molar refractivity (Wildman–Crippen MR) is 54.3 cm³/mol. The zero-order chi connectivity index (χ0) is 9.42. The van der Waals surface area contributed by atoms with Gasteiger partial charge in [-0.05, 0) is 37.0 Å². The van der Waals surface area contributed by atoms with Gasteiger partial charge in [-0.15, -0.1) is 0 Å². The first-order chi connectivity index (χ1) is 6.22. The summed E-state index contributed by atoms with van der Waals surface area (Å²) in [6, 6.07) is 0. The molecule has 1 saturated carbocycles. The van der Waals surface area contributed by atoms with Crippen molar-refractivity contribution in [1.29, 1.82) is 0 Å². The van der Waals surface area contributed by atoms with E-state index >= 15 is 0 Å². The number of fused-ring (bicyclic) bond motifs is 1. The van der Waals surface area contributed by atoms with Crippen LogP contribution in [0, 0.1) is 11.8 Å². The van der Waals surface area contributed by atoms with Crippen molar-refractivity contribution < 1.29 is 9.50 Å². The second-order valence-corrected chi connectivity index (χ2v) is 3.67. The predicted octanol–water partition coefficient (Wildman–Crippen LogP) is 1.92. The zero-order valence-corrected chi connectivity index (χ0v) is 8.12. The van der Waals surface area contributed by atoms with Crippen molar-refractivity contribution in [3.05, 3.63) is 36.1 Å². The lowest BCUT2D eigenvalue weighted by molar-refractivity contribution is -0.116. The quantitative estimate of drug-likeness (QED) is 0.716. The van der Waals surface area contributed by atoms with E-state index in [0.717, 1.165) is 11.1 Å². The minimum atomic E-state index is -0.0332. The second kappa shape index (κ2) is 3.78. The lowest BCUT2D eigenvalue weighted by atomic mass is 9.99. The highest BCUT2D eigenvalue weighted by Crippen LogP contribution is 2.46. The van der Waals surface area contributed by atoms with Crippen molar-refractivity contribution in [3.8, 4) is 0 Å². The van der Waals surface area contributed by atoms with Crippen LogP contribution in [0.1, 0.15) is 13.3 Å². The fourth-order valence-electron chi connectivity index (χ4n) is 1.80. The minimum absolute atomic E-state index is 0. The molecule has 2 aliphatic carbocycles. The van der Waals surface area contributed by atoms with Crippen molar-refractivity contribution in [2.24, 2.45) is 11.8 Å². The van der Waals surface area contributed by atoms with E-state index in [4.69, 9.17) is 0 Å². The van der Waals surface area contributed by atoms with Crippen LogP contribution in [0.5, 0.6) is 0 Å². The average Bonchev–Trinajstić information content (AvgIpc) is 2.81. The van der Waals surface area contributed by atoms with E-state index in [1.165, 1.54) is 12.6 Å². The summed E-state index contributed by atoms with van der Waals surface area (Å²) in [6.07, 6.45) is 6.92. The highest BCUT2D eigenvalue weighted by atomic mass is 19.0. The second-order valence-electron chi connectivity index (χ2n) is 3.67. The van der Waals surface area contributed by atoms with Crippen molar-refractivity contribution >= 4 is 5.91 Å². The lowest BCUT2D eigenvalue weighted by Crippen LogP contribution is -2.20. The standard InChI is InChI=1S/C11H13NO.FH/c1-3-12-11(13)10-6-9-5-8(9)4-7(10)2;/h3-4,6,8-9H,1,5H2,2H3,(H,12,13);1H. The molecular weight excluding hydrogens is 181 g/mol. The van der Waals surface area contributed by atoms with E-state index in [-0.39, 0.29) is 10.6 Å². The Morgan fingerprint density at radius 3 is 2.86 bits per heavy atom. The highest BCUT2D eigenvalue weighted by molar-refractivity contribution is 5.98. The molecule has 1 N–H and O–H groups in total. The van der Waals surface area contributed by atoms with Gasteiger partial charge in [-0.3, -0.25) is 9.50 Å². The maximum atomic E-state index is 11.5. The van der Waals surface area contributed by atoms with Gasteiger partial charge < -0.3 is 5.32 Å². The highest BCUT2D eigenvalue weighted by Gasteiger charge is 2.37. The molecule has 76 valence electrons. The van der Waals surface area contributed by atoms with Crippen LogP contribution in [0.15, 0.2) is 36.1 Å². The van der Waals surface area contributed by atoms with Crippen LogP contribution >= 0.6 is 0 Å². The summed E-state index contributed by atoms with van der Waals surface area (Å²) in [5, 5.41) is 2.60. The average molecular weight is 195 g/mol. The van der Waals surface area contributed by atoms with Crippen LogP contribution in [0.4, 0.5) is 4.70 Å². The molecule has 2 nitrogen and oxygen atoms in total. The number of hydrogen-bond donors (Lipinski definition) is 1. The summed E-state index contributed by atoms with van der Waals surface area (Å²) in [7, 11) is 0. The van der Waals surface area contributed by atoms with Crippen LogP contribution in [-0.4, -0.2) is 5.91 Å². The van der Waals surface area contributed by atoms with Crippen LogP contribution in [0.25, 0.3) is 0 Å². The number of carbonyl (C=O) groups excluding carboxylic acids is 1. The summed E-state index contributed by atoms with van der Waals surface area (Å²) in [4.78, 5) is 11.5. The monoisotopic (exact) mass is 195 g/mol. The van der Waals surface area contributed by atoms with Crippen molar-refractivity contribution in [1.82, 2.24) is 5.32 Å². The minimum Gasteiger partial charge on any atom is -0.329 e. The largest absolute Gasteiger partial charge is 0.329 e. The van der Waals surface area contributed by atoms with E-state index in [2.05, 4.69) is 24.0 Å². The van der Waals surface area contributed by atoms with Crippen molar-refractivity contribution in [3.63, 3.8) is 0 Å². The zero-order valence-electron chi connectivity index (χ0n) is 8.12. The third-order valence-electron chi connectivity index (χ3n) is 2.64. The molecule has 2 unspecified atom stereocenters. The Kier molecular flexibility index (Phi) is 2.89. The first-order valence-corrected chi connectivity index (χ1v) is 4.54. The summed E-state index contributed by atoms with van der Waals surface area (Å²) in [5.74, 6) is 1.30. The molecular formula is C11H14FNO. The van der Waals surface area contributed by atoms with Gasteiger partial charge >= 0.3 is 0 Å². The Bertz CT molecular complexity index is 330. The van der Waals surface area contributed by atoms with Crippen LogP contribution in [-0.2, 0) is 4.79 Å². The van der Waals surface area contributed by atoms with E-state index in [0.29, 0.717) is 11.8 Å². The van der Waals surface area contributed by atoms with E-state index in [1.54, 1.807) is 0 Å². The fourth-order valence-corrected chi connectivity index (χ4v) is 1.80. The number of rotatable bonds is 2. The van der Waals surface area contributed by atoms with Gasteiger partial charge in [0, 0.05) is 5.57 Å². The molecule has 0 aliphatic heterocycles. The Morgan fingerprint density at radius 2 is 2.21 bits per heavy atom. The number of hydrogen-bond acceptors (Lipinski definition) is 1. The lowest BCUT2D eigenvalue weighted by Gasteiger charge is -2.10. The Labute approximate surface area is 82.7 Å². The Balaban J connectivity index is 0.000000980. The Morgan fingerprint density at radius 1 is 1.57 bits per heavy atom. The van der Waals surface area contributed by atoms with Crippen LogP contribution in [0.3, 0.4) is 0 Å². The molecule has 1 fully saturated rings. The number of halogens is 1. The number of nitrogens with one attached hydrogen (secondary N) is 1. The van der Waals surface area contributed by atoms with E-state index in [9.17, 15) is 4.79 Å². The molecule has 3 heteroatoms. The summed E-state index contributed by atoms with van der Waals surface area (Å²) in [6.45, 7) is 5.46. The summed E-state index contributed by atoms with van der Waals surface area (Å²) >= 11 is 0. The van der Waals surface area contributed by atoms with Gasteiger partial charge in [0.1, 0.15) is 0 Å². The SMILES string of the molecule is C=CNC(=O)C1=CC2CC2C=C1C.F. The van der Waals surface area contributed by atoms with Gasteiger partial charge in [0.2, 0.25) is 0 Å².